The summed E-state index contributed by atoms with van der Waals surface area (Å²) in [5.41, 5.74) is 4.55. The van der Waals surface area contributed by atoms with Gasteiger partial charge in [-0.05, 0) is 164 Å². The van der Waals surface area contributed by atoms with Crippen LogP contribution in [0.5, 0.6) is 5.88 Å². The SMILES string of the molecule is C=C(C)[C@@H]1CC[C@]2(NCCN3CCSCC3)CC[C@]3(C)[C@H](CC[C@@H]4[C@@]5(C)CC=C(C6=CC(CC)C(COc7ncccc7C#N)(C(=O)O)CC6)C(C)(C)[C@@H]5CC[C@]43C)[C@@H]12. The van der Waals surface area contributed by atoms with E-state index in [1.807, 2.05) is 0 Å². The normalized spacial score (nSPS) is 41.5. The second-order valence-corrected chi connectivity index (χ2v) is 22.9. The smallest absolute Gasteiger partial charge is 0.313 e. The highest BCUT2D eigenvalue weighted by atomic mass is 32.2. The van der Waals surface area contributed by atoms with E-state index in [1.54, 1.807) is 18.3 Å². The van der Waals surface area contributed by atoms with Crippen LogP contribution in [0.3, 0.4) is 0 Å². The number of fused-ring (bicyclic) bond motifs is 7. The summed E-state index contributed by atoms with van der Waals surface area (Å²) < 4.78 is 6.09. The average molecular weight is 823 g/mol. The maximum Gasteiger partial charge on any atom is 0.313 e. The van der Waals surface area contributed by atoms with Gasteiger partial charge in [-0.1, -0.05) is 65.8 Å². The summed E-state index contributed by atoms with van der Waals surface area (Å²) in [6.07, 6.45) is 20.0. The Kier molecular flexibility index (Phi) is 11.6. The van der Waals surface area contributed by atoms with Gasteiger partial charge in [-0.25, -0.2) is 4.98 Å². The van der Waals surface area contributed by atoms with E-state index < -0.39 is 11.4 Å². The third-order valence-corrected chi connectivity index (χ3v) is 20.1. The molecule has 8 heteroatoms. The molecule has 0 bridgehead atoms. The van der Waals surface area contributed by atoms with Crippen molar-refractivity contribution in [3.8, 4) is 11.9 Å². The zero-order chi connectivity index (χ0) is 42.0. The van der Waals surface area contributed by atoms with Crippen LogP contribution >= 0.6 is 11.8 Å². The fourth-order valence-corrected chi connectivity index (χ4v) is 16.9. The number of thioether (sulfide) groups is 1. The number of nitrogens with one attached hydrogen (secondary N) is 1. The van der Waals surface area contributed by atoms with Crippen LogP contribution in [0.2, 0.25) is 0 Å². The molecule has 7 nitrogen and oxygen atoms in total. The molecule has 0 radical (unpaired) electrons. The molecule has 0 amide bonds. The first kappa shape index (κ1) is 43.1. The molecule has 59 heavy (non-hydrogen) atoms. The van der Waals surface area contributed by atoms with Crippen molar-refractivity contribution in [3.63, 3.8) is 0 Å². The molecule has 1 aromatic heterocycles. The van der Waals surface area contributed by atoms with Crippen molar-refractivity contribution >= 4 is 17.7 Å². The topological polar surface area (TPSA) is 98.5 Å². The molecular formula is C51H74N4O3S. The van der Waals surface area contributed by atoms with Crippen LogP contribution in [-0.2, 0) is 4.79 Å². The summed E-state index contributed by atoms with van der Waals surface area (Å²) in [7, 11) is 0. The van der Waals surface area contributed by atoms with Gasteiger partial charge in [0, 0.05) is 49.4 Å². The number of carboxylic acids is 1. The number of carbonyl (C=O) groups is 1. The standard InChI is InChI=1S/C51H74N4O3S/c1-9-37-31-35(14-20-50(37,45(56)57)33-58-44-36(32-52)11-10-24-53-44)39-16-18-47(6)41(46(39,4)5)17-19-49(8)42(47)13-12-40-43-38(34(2)3)15-21-51(43,23-22-48(40,49)7)54-25-26-55-27-29-59-30-28-55/h10-11,16,24,31,37-38,40-43,54H,2,9,12-15,17-23,25-30,33H2,1,3-8H3,(H,56,57)/t37?,38-,40+,41-,42+,43+,47-,48+,49+,50?,51-/m0/s1. The molecule has 0 spiro atoms. The average Bonchev–Trinajstić information content (AvgIpc) is 3.60. The van der Waals surface area contributed by atoms with Crippen molar-refractivity contribution in [2.45, 2.75) is 131 Å². The third kappa shape index (κ3) is 6.80. The molecule has 322 valence electrons. The molecule has 11 atom stereocenters. The third-order valence-electron chi connectivity index (χ3n) is 19.2. The number of pyridine rings is 1. The largest absolute Gasteiger partial charge is 0.481 e. The number of rotatable bonds is 11. The molecule has 1 aromatic rings. The van der Waals surface area contributed by atoms with Gasteiger partial charge in [0.1, 0.15) is 23.7 Å². The van der Waals surface area contributed by atoms with E-state index in [1.165, 1.54) is 99.2 Å². The predicted octanol–water partition coefficient (Wildman–Crippen LogP) is 10.7. The maximum absolute atomic E-state index is 13.2. The lowest BCUT2D eigenvalue weighted by Crippen LogP contribution is -2.68. The number of nitriles is 1. The fraction of sp³-hybridized carbons (Fsp3) is 0.745. The van der Waals surface area contributed by atoms with E-state index in [-0.39, 0.29) is 34.8 Å². The van der Waals surface area contributed by atoms with Gasteiger partial charge in [0.15, 0.2) is 0 Å². The van der Waals surface area contributed by atoms with E-state index in [0.29, 0.717) is 52.9 Å². The number of ether oxygens (including phenoxy) is 1. The Balaban J connectivity index is 1.04. The van der Waals surface area contributed by atoms with Crippen molar-refractivity contribution in [2.75, 3.05) is 44.3 Å². The highest BCUT2D eigenvalue weighted by Crippen LogP contribution is 2.76. The minimum Gasteiger partial charge on any atom is -0.481 e. The first-order valence-corrected chi connectivity index (χ1v) is 24.6. The molecule has 0 aromatic carbocycles. The van der Waals surface area contributed by atoms with E-state index in [4.69, 9.17) is 4.74 Å². The van der Waals surface area contributed by atoms with Crippen LogP contribution < -0.4 is 10.1 Å². The van der Waals surface area contributed by atoms with Gasteiger partial charge in [0.05, 0.1) is 0 Å². The van der Waals surface area contributed by atoms with E-state index >= 15 is 0 Å². The van der Waals surface area contributed by atoms with Crippen molar-refractivity contribution in [2.24, 2.45) is 62.6 Å². The maximum atomic E-state index is 13.2. The number of nitrogens with zero attached hydrogens (tertiary/aromatic N) is 3. The van der Waals surface area contributed by atoms with Crippen LogP contribution in [0, 0.1) is 73.9 Å². The fourth-order valence-electron chi connectivity index (χ4n) is 15.9. The number of hydrogen-bond donors (Lipinski definition) is 2. The Morgan fingerprint density at radius 1 is 1.05 bits per heavy atom. The molecular weight excluding hydrogens is 749 g/mol. The molecule has 1 aliphatic heterocycles. The lowest BCUT2D eigenvalue weighted by atomic mass is 9.33. The van der Waals surface area contributed by atoms with Crippen molar-refractivity contribution in [1.29, 1.82) is 5.26 Å². The summed E-state index contributed by atoms with van der Waals surface area (Å²) in [4.78, 5) is 20.1. The number of aromatic nitrogens is 1. The van der Waals surface area contributed by atoms with Gasteiger partial charge in [-0.3, -0.25) is 4.79 Å². The molecule has 5 fully saturated rings. The highest BCUT2D eigenvalue weighted by molar-refractivity contribution is 7.99. The van der Waals surface area contributed by atoms with E-state index in [9.17, 15) is 15.2 Å². The van der Waals surface area contributed by atoms with Gasteiger partial charge in [0.25, 0.3) is 0 Å². The summed E-state index contributed by atoms with van der Waals surface area (Å²) in [6.45, 7) is 27.1. The summed E-state index contributed by atoms with van der Waals surface area (Å²) >= 11 is 2.11. The molecule has 2 N–H and O–H groups in total. The quantitative estimate of drug-likeness (QED) is 0.213. The van der Waals surface area contributed by atoms with Crippen molar-refractivity contribution in [3.05, 3.63) is 59.3 Å². The van der Waals surface area contributed by atoms with Gasteiger partial charge in [-0.15, -0.1) is 0 Å². The molecule has 7 aliphatic rings. The van der Waals surface area contributed by atoms with Crippen molar-refractivity contribution < 1.29 is 14.6 Å². The second kappa shape index (κ2) is 15.9. The minimum atomic E-state index is -1.07. The zero-order valence-corrected chi connectivity index (χ0v) is 38.3. The monoisotopic (exact) mass is 823 g/mol. The first-order valence-electron chi connectivity index (χ1n) is 23.4. The van der Waals surface area contributed by atoms with Gasteiger partial charge in [0.2, 0.25) is 5.88 Å². The predicted molar refractivity (Wildman–Crippen MR) is 240 cm³/mol. The van der Waals surface area contributed by atoms with Crippen LogP contribution in [-0.4, -0.2) is 70.8 Å². The van der Waals surface area contributed by atoms with Crippen molar-refractivity contribution in [1.82, 2.24) is 15.2 Å². The molecule has 4 saturated carbocycles. The number of hydrogen-bond acceptors (Lipinski definition) is 7. The van der Waals surface area contributed by atoms with E-state index in [0.717, 1.165) is 25.3 Å². The lowest BCUT2D eigenvalue weighted by molar-refractivity contribution is -0.221. The number of aliphatic carboxylic acids is 1. The van der Waals surface area contributed by atoms with Crippen LogP contribution in [0.25, 0.3) is 0 Å². The Bertz CT molecular complexity index is 1900. The Morgan fingerprint density at radius 3 is 2.54 bits per heavy atom. The Hall–Kier alpha value is -2.60. The zero-order valence-electron chi connectivity index (χ0n) is 37.5. The minimum absolute atomic E-state index is 0.00252. The van der Waals surface area contributed by atoms with Gasteiger partial charge in [-0.2, -0.15) is 17.0 Å². The van der Waals surface area contributed by atoms with E-state index in [2.05, 4.69) is 100 Å². The first-order chi connectivity index (χ1) is 28.1. The molecule has 2 heterocycles. The Labute approximate surface area is 360 Å². The Morgan fingerprint density at radius 2 is 1.83 bits per heavy atom. The summed E-state index contributed by atoms with van der Waals surface area (Å²) in [5, 5.41) is 24.8. The number of carboxylic acid groups (broad SMARTS) is 1. The van der Waals surface area contributed by atoms with Crippen LogP contribution in [0.4, 0.5) is 0 Å². The molecule has 2 unspecified atom stereocenters. The molecule has 1 saturated heterocycles. The van der Waals surface area contributed by atoms with Crippen LogP contribution in [0.1, 0.15) is 131 Å². The van der Waals surface area contributed by atoms with Gasteiger partial charge < -0.3 is 20.1 Å². The highest BCUT2D eigenvalue weighted by Gasteiger charge is 2.70. The van der Waals surface area contributed by atoms with Crippen LogP contribution in [0.15, 0.2) is 53.8 Å². The second-order valence-electron chi connectivity index (χ2n) is 21.7. The van der Waals surface area contributed by atoms with Gasteiger partial charge >= 0.3 is 5.97 Å². The lowest BCUT2D eigenvalue weighted by Gasteiger charge is -2.72. The summed E-state index contributed by atoms with van der Waals surface area (Å²) in [5.74, 6) is 5.05. The number of allylic oxidation sites excluding steroid dienone is 5. The molecule has 6 aliphatic carbocycles. The molecule has 8 rings (SSSR count). The summed E-state index contributed by atoms with van der Waals surface area (Å²) in [6, 6.07) is 5.51.